The third-order valence-electron chi connectivity index (χ3n) is 4.30. The van der Waals surface area contributed by atoms with Crippen molar-refractivity contribution in [3.63, 3.8) is 0 Å². The molecule has 0 aliphatic heterocycles. The van der Waals surface area contributed by atoms with Crippen LogP contribution in [0.1, 0.15) is 37.1 Å². The Morgan fingerprint density at radius 2 is 2.14 bits per heavy atom. The highest BCUT2D eigenvalue weighted by molar-refractivity contribution is 9.10. The van der Waals surface area contributed by atoms with Crippen LogP contribution in [0.5, 0.6) is 0 Å². The van der Waals surface area contributed by atoms with E-state index in [9.17, 15) is 0 Å². The standard InChI is InChI=1S/C16H20BrN3O/c1-10-8-12(17)6-7-13(10)16-19-15(21-20-16)9-11-4-2-3-5-14(11)18/h6-8,11,14H,2-5,9,18H2,1H3. The molecule has 2 aromatic rings. The van der Waals surface area contributed by atoms with Gasteiger partial charge in [-0.25, -0.2) is 0 Å². The average Bonchev–Trinajstić information content (AvgIpc) is 2.90. The molecule has 4 nitrogen and oxygen atoms in total. The molecule has 2 unspecified atom stereocenters. The van der Waals surface area contributed by atoms with E-state index in [1.807, 2.05) is 19.1 Å². The van der Waals surface area contributed by atoms with Crippen LogP contribution in [0.3, 0.4) is 0 Å². The summed E-state index contributed by atoms with van der Waals surface area (Å²) in [5.74, 6) is 1.84. The maximum Gasteiger partial charge on any atom is 0.227 e. The Balaban J connectivity index is 1.76. The van der Waals surface area contributed by atoms with Gasteiger partial charge in [0.25, 0.3) is 0 Å². The summed E-state index contributed by atoms with van der Waals surface area (Å²) in [5, 5.41) is 4.13. The minimum Gasteiger partial charge on any atom is -0.339 e. The van der Waals surface area contributed by atoms with E-state index in [4.69, 9.17) is 10.3 Å². The average molecular weight is 350 g/mol. The van der Waals surface area contributed by atoms with E-state index >= 15 is 0 Å². The molecule has 2 atom stereocenters. The number of benzene rings is 1. The number of nitrogens with two attached hydrogens (primary N) is 1. The second kappa shape index (κ2) is 6.28. The summed E-state index contributed by atoms with van der Waals surface area (Å²) >= 11 is 3.47. The first-order valence-electron chi connectivity index (χ1n) is 7.48. The van der Waals surface area contributed by atoms with Crippen molar-refractivity contribution in [2.45, 2.75) is 45.1 Å². The van der Waals surface area contributed by atoms with Gasteiger partial charge in [0.05, 0.1) is 0 Å². The van der Waals surface area contributed by atoms with E-state index in [0.717, 1.165) is 34.9 Å². The Kier molecular flexibility index (Phi) is 4.40. The third-order valence-corrected chi connectivity index (χ3v) is 4.80. The van der Waals surface area contributed by atoms with Crippen LogP contribution in [0.4, 0.5) is 0 Å². The van der Waals surface area contributed by atoms with Gasteiger partial charge in [-0.05, 0) is 49.4 Å². The molecule has 1 aliphatic carbocycles. The molecule has 0 bridgehead atoms. The number of hydrogen-bond donors (Lipinski definition) is 1. The SMILES string of the molecule is Cc1cc(Br)ccc1-c1noc(CC2CCCCC2N)n1. The molecule has 1 aromatic carbocycles. The van der Waals surface area contributed by atoms with Gasteiger partial charge in [0.2, 0.25) is 11.7 Å². The van der Waals surface area contributed by atoms with Crippen LogP contribution in [0.2, 0.25) is 0 Å². The largest absolute Gasteiger partial charge is 0.339 e. The predicted molar refractivity (Wildman–Crippen MR) is 85.8 cm³/mol. The van der Waals surface area contributed by atoms with Crippen LogP contribution < -0.4 is 5.73 Å². The third kappa shape index (κ3) is 3.35. The summed E-state index contributed by atoms with van der Waals surface area (Å²) in [5.41, 5.74) is 8.34. The van der Waals surface area contributed by atoms with Crippen molar-refractivity contribution in [2.24, 2.45) is 11.7 Å². The molecule has 0 saturated heterocycles. The number of aromatic nitrogens is 2. The van der Waals surface area contributed by atoms with Crippen molar-refractivity contribution in [1.82, 2.24) is 10.1 Å². The summed E-state index contributed by atoms with van der Waals surface area (Å²) in [6.45, 7) is 2.05. The van der Waals surface area contributed by atoms with Gasteiger partial charge in [0, 0.05) is 22.5 Å². The molecular weight excluding hydrogens is 330 g/mol. The van der Waals surface area contributed by atoms with Crippen LogP contribution in [0.25, 0.3) is 11.4 Å². The molecule has 0 amide bonds. The number of aryl methyl sites for hydroxylation is 1. The van der Waals surface area contributed by atoms with Crippen molar-refractivity contribution in [2.75, 3.05) is 0 Å². The monoisotopic (exact) mass is 349 g/mol. The Labute approximate surface area is 133 Å². The Bertz CT molecular complexity index is 626. The van der Waals surface area contributed by atoms with Gasteiger partial charge in [0.1, 0.15) is 0 Å². The van der Waals surface area contributed by atoms with Crippen LogP contribution in [-0.2, 0) is 6.42 Å². The highest BCUT2D eigenvalue weighted by Crippen LogP contribution is 2.28. The number of halogens is 1. The first kappa shape index (κ1) is 14.7. The van der Waals surface area contributed by atoms with Crippen molar-refractivity contribution in [3.8, 4) is 11.4 Å². The van der Waals surface area contributed by atoms with Crippen LogP contribution in [-0.4, -0.2) is 16.2 Å². The smallest absolute Gasteiger partial charge is 0.227 e. The molecule has 2 N–H and O–H groups in total. The number of hydrogen-bond acceptors (Lipinski definition) is 4. The molecule has 3 rings (SSSR count). The minimum atomic E-state index is 0.267. The minimum absolute atomic E-state index is 0.267. The van der Waals surface area contributed by atoms with Crippen LogP contribution >= 0.6 is 15.9 Å². The predicted octanol–water partition coefficient (Wildman–Crippen LogP) is 3.87. The molecule has 1 aromatic heterocycles. The number of rotatable bonds is 3. The van der Waals surface area contributed by atoms with E-state index < -0.39 is 0 Å². The van der Waals surface area contributed by atoms with E-state index in [1.54, 1.807) is 0 Å². The summed E-state index contributed by atoms with van der Waals surface area (Å²) in [4.78, 5) is 4.55. The topological polar surface area (TPSA) is 64.9 Å². The molecule has 0 radical (unpaired) electrons. The summed E-state index contributed by atoms with van der Waals surface area (Å²) < 4.78 is 6.48. The lowest BCUT2D eigenvalue weighted by atomic mass is 9.83. The summed E-state index contributed by atoms with van der Waals surface area (Å²) in [6.07, 6.45) is 5.56. The zero-order valence-corrected chi connectivity index (χ0v) is 13.8. The van der Waals surface area contributed by atoms with Gasteiger partial charge in [-0.2, -0.15) is 4.98 Å². The fourth-order valence-corrected chi connectivity index (χ4v) is 3.51. The zero-order valence-electron chi connectivity index (χ0n) is 12.2. The van der Waals surface area contributed by atoms with E-state index in [0.29, 0.717) is 17.6 Å². The van der Waals surface area contributed by atoms with Gasteiger partial charge >= 0.3 is 0 Å². The highest BCUT2D eigenvalue weighted by atomic mass is 79.9. The molecule has 0 spiro atoms. The molecule has 1 fully saturated rings. The lowest BCUT2D eigenvalue weighted by molar-refractivity contribution is 0.273. The quantitative estimate of drug-likeness (QED) is 0.913. The normalized spacial score (nSPS) is 22.4. The van der Waals surface area contributed by atoms with Crippen molar-refractivity contribution in [3.05, 3.63) is 34.1 Å². The highest BCUT2D eigenvalue weighted by Gasteiger charge is 2.24. The lowest BCUT2D eigenvalue weighted by Crippen LogP contribution is -2.34. The first-order chi connectivity index (χ1) is 10.1. The zero-order chi connectivity index (χ0) is 14.8. The maximum atomic E-state index is 6.19. The maximum absolute atomic E-state index is 6.19. The Morgan fingerprint density at radius 3 is 2.90 bits per heavy atom. The van der Waals surface area contributed by atoms with E-state index in [1.165, 1.54) is 12.8 Å². The Morgan fingerprint density at radius 1 is 1.33 bits per heavy atom. The van der Waals surface area contributed by atoms with Gasteiger partial charge in [-0.1, -0.05) is 33.9 Å². The fraction of sp³-hybridized carbons (Fsp3) is 0.500. The van der Waals surface area contributed by atoms with Gasteiger partial charge in [0.15, 0.2) is 0 Å². The van der Waals surface area contributed by atoms with E-state index in [-0.39, 0.29) is 6.04 Å². The summed E-state index contributed by atoms with van der Waals surface area (Å²) in [6, 6.07) is 6.33. The lowest BCUT2D eigenvalue weighted by Gasteiger charge is -2.27. The number of nitrogens with zero attached hydrogens (tertiary/aromatic N) is 2. The van der Waals surface area contributed by atoms with Crippen molar-refractivity contribution in [1.29, 1.82) is 0 Å². The van der Waals surface area contributed by atoms with Crippen LogP contribution in [0.15, 0.2) is 27.2 Å². The molecule has 112 valence electrons. The molecule has 1 heterocycles. The van der Waals surface area contributed by atoms with Crippen LogP contribution in [0, 0.1) is 12.8 Å². The molecule has 1 aliphatic rings. The molecule has 5 heteroatoms. The van der Waals surface area contributed by atoms with Gasteiger partial charge < -0.3 is 10.3 Å². The second-order valence-electron chi connectivity index (χ2n) is 5.88. The molecular formula is C16H20BrN3O. The molecule has 1 saturated carbocycles. The van der Waals surface area contributed by atoms with Crippen molar-refractivity contribution >= 4 is 15.9 Å². The van der Waals surface area contributed by atoms with Crippen molar-refractivity contribution < 1.29 is 4.52 Å². The summed E-state index contributed by atoms with van der Waals surface area (Å²) in [7, 11) is 0. The Hall–Kier alpha value is -1.20. The van der Waals surface area contributed by atoms with E-state index in [2.05, 4.69) is 32.1 Å². The van der Waals surface area contributed by atoms with Gasteiger partial charge in [-0.15, -0.1) is 0 Å². The first-order valence-corrected chi connectivity index (χ1v) is 8.27. The fourth-order valence-electron chi connectivity index (χ4n) is 3.04. The second-order valence-corrected chi connectivity index (χ2v) is 6.80. The van der Waals surface area contributed by atoms with Gasteiger partial charge in [-0.3, -0.25) is 0 Å². The molecule has 21 heavy (non-hydrogen) atoms.